The van der Waals surface area contributed by atoms with Crippen molar-refractivity contribution in [2.24, 2.45) is 0 Å². The van der Waals surface area contributed by atoms with E-state index >= 15 is 0 Å². The lowest BCUT2D eigenvalue weighted by Gasteiger charge is -2.04. The van der Waals surface area contributed by atoms with Crippen LogP contribution in [0.2, 0.25) is 0 Å². The topological polar surface area (TPSA) is 42.0 Å². The second-order valence-corrected chi connectivity index (χ2v) is 3.84. The van der Waals surface area contributed by atoms with Gasteiger partial charge in [-0.2, -0.15) is 0 Å². The summed E-state index contributed by atoms with van der Waals surface area (Å²) < 4.78 is 12.4. The monoisotopic (exact) mass is 246 g/mol. The van der Waals surface area contributed by atoms with Crippen LogP contribution in [0, 0.1) is 5.82 Å². The van der Waals surface area contributed by atoms with Crippen LogP contribution >= 0.6 is 15.9 Å². The van der Waals surface area contributed by atoms with Gasteiger partial charge >= 0.3 is 0 Å². The highest BCUT2D eigenvalue weighted by Gasteiger charge is 2.08. The van der Waals surface area contributed by atoms with Crippen molar-refractivity contribution in [1.82, 2.24) is 4.98 Å². The molecule has 0 aliphatic carbocycles. The summed E-state index contributed by atoms with van der Waals surface area (Å²) in [4.78, 5) is 14.5. The van der Waals surface area contributed by atoms with E-state index in [1.165, 1.54) is 12.1 Å². The third kappa shape index (κ3) is 3.10. The van der Waals surface area contributed by atoms with Gasteiger partial charge in [-0.05, 0) is 19.1 Å². The predicted molar refractivity (Wildman–Crippen MR) is 51.2 cm³/mol. The Hall–Kier alpha value is -0.970. The average Bonchev–Trinajstić information content (AvgIpc) is 2.08. The molecular weight excluding hydrogens is 239 g/mol. The number of carbonyl (C=O) groups excluding carboxylic acids is 1. The van der Waals surface area contributed by atoms with Gasteiger partial charge < -0.3 is 5.32 Å². The Morgan fingerprint density at radius 3 is 2.85 bits per heavy atom. The van der Waals surface area contributed by atoms with E-state index in [2.05, 4.69) is 26.2 Å². The molecule has 3 nitrogen and oxygen atoms in total. The van der Waals surface area contributed by atoms with Crippen molar-refractivity contribution >= 4 is 27.7 Å². The molecule has 0 spiro atoms. The first-order valence-electron chi connectivity index (χ1n) is 3.66. The molecule has 13 heavy (non-hydrogen) atoms. The molecule has 0 aliphatic heterocycles. The van der Waals surface area contributed by atoms with Crippen molar-refractivity contribution < 1.29 is 9.18 Å². The van der Waals surface area contributed by atoms with E-state index in [9.17, 15) is 9.18 Å². The van der Waals surface area contributed by atoms with Crippen LogP contribution in [0.4, 0.5) is 10.2 Å². The molecule has 1 aromatic rings. The SMILES string of the molecule is C[C@@H](Br)C(=O)Nc1ccc(F)cn1. The maximum absolute atomic E-state index is 12.4. The molecule has 5 heteroatoms. The fourth-order valence-corrected chi connectivity index (χ4v) is 0.790. The van der Waals surface area contributed by atoms with Crippen molar-refractivity contribution in [2.45, 2.75) is 11.8 Å². The fourth-order valence-electron chi connectivity index (χ4n) is 0.675. The molecule has 1 amide bonds. The lowest BCUT2D eigenvalue weighted by molar-refractivity contribution is -0.115. The second kappa shape index (κ2) is 4.32. The predicted octanol–water partition coefficient (Wildman–Crippen LogP) is 1.94. The van der Waals surface area contributed by atoms with Crippen molar-refractivity contribution in [3.63, 3.8) is 0 Å². The molecular formula is C8H8BrFN2O. The fraction of sp³-hybridized carbons (Fsp3) is 0.250. The number of nitrogens with zero attached hydrogens (tertiary/aromatic N) is 1. The van der Waals surface area contributed by atoms with Crippen LogP contribution < -0.4 is 5.32 Å². The number of rotatable bonds is 2. The van der Waals surface area contributed by atoms with Gasteiger partial charge in [-0.25, -0.2) is 9.37 Å². The summed E-state index contributed by atoms with van der Waals surface area (Å²) in [6, 6.07) is 2.64. The Labute approximate surface area is 83.5 Å². The molecule has 1 N–H and O–H groups in total. The van der Waals surface area contributed by atoms with Gasteiger partial charge in [-0.1, -0.05) is 15.9 Å². The molecule has 1 aromatic heterocycles. The smallest absolute Gasteiger partial charge is 0.239 e. The number of carbonyl (C=O) groups is 1. The third-order valence-electron chi connectivity index (χ3n) is 1.34. The summed E-state index contributed by atoms with van der Waals surface area (Å²) in [5, 5.41) is 2.50. The number of alkyl halides is 1. The Kier molecular flexibility index (Phi) is 3.36. The second-order valence-electron chi connectivity index (χ2n) is 2.47. The number of amides is 1. The number of hydrogen-bond acceptors (Lipinski definition) is 2. The zero-order valence-electron chi connectivity index (χ0n) is 6.92. The normalized spacial score (nSPS) is 12.2. The molecule has 0 saturated heterocycles. The minimum absolute atomic E-state index is 0.209. The number of anilines is 1. The van der Waals surface area contributed by atoms with Crippen LogP contribution in [0.1, 0.15) is 6.92 Å². The van der Waals surface area contributed by atoms with Crippen molar-refractivity contribution in [2.75, 3.05) is 5.32 Å². The minimum atomic E-state index is -0.426. The standard InChI is InChI=1S/C8H8BrFN2O/c1-5(9)8(13)12-7-3-2-6(10)4-11-7/h2-5H,1H3,(H,11,12,13)/t5-/m1/s1. The minimum Gasteiger partial charge on any atom is -0.310 e. The summed E-state index contributed by atoms with van der Waals surface area (Å²) in [5.41, 5.74) is 0. The largest absolute Gasteiger partial charge is 0.310 e. The van der Waals surface area contributed by atoms with Gasteiger partial charge in [-0.15, -0.1) is 0 Å². The van der Waals surface area contributed by atoms with Crippen LogP contribution in [0.3, 0.4) is 0 Å². The highest BCUT2D eigenvalue weighted by atomic mass is 79.9. The average molecular weight is 247 g/mol. The summed E-state index contributed by atoms with van der Waals surface area (Å²) >= 11 is 3.10. The molecule has 1 heterocycles. The van der Waals surface area contributed by atoms with E-state index in [0.29, 0.717) is 5.82 Å². The highest BCUT2D eigenvalue weighted by molar-refractivity contribution is 9.10. The van der Waals surface area contributed by atoms with Gasteiger partial charge in [0, 0.05) is 0 Å². The van der Waals surface area contributed by atoms with Gasteiger partial charge in [0.2, 0.25) is 5.91 Å². The Bertz CT molecular complexity index is 300. The quantitative estimate of drug-likeness (QED) is 0.811. The maximum atomic E-state index is 12.4. The lowest BCUT2D eigenvalue weighted by Crippen LogP contribution is -2.20. The van der Waals surface area contributed by atoms with Crippen LogP contribution in [-0.4, -0.2) is 15.7 Å². The molecule has 0 radical (unpaired) electrons. The number of nitrogens with one attached hydrogen (secondary N) is 1. The van der Waals surface area contributed by atoms with Gasteiger partial charge in [0.25, 0.3) is 0 Å². The van der Waals surface area contributed by atoms with Gasteiger partial charge in [0.05, 0.1) is 11.0 Å². The van der Waals surface area contributed by atoms with E-state index in [-0.39, 0.29) is 10.7 Å². The molecule has 0 unspecified atom stereocenters. The number of aromatic nitrogens is 1. The van der Waals surface area contributed by atoms with Crippen LogP contribution in [-0.2, 0) is 4.79 Å². The molecule has 1 rings (SSSR count). The zero-order valence-corrected chi connectivity index (χ0v) is 8.51. The molecule has 0 aliphatic rings. The third-order valence-corrected chi connectivity index (χ3v) is 1.76. The Morgan fingerprint density at radius 2 is 2.38 bits per heavy atom. The molecule has 0 fully saturated rings. The summed E-state index contributed by atoms with van der Waals surface area (Å²) in [5.74, 6) is -0.290. The summed E-state index contributed by atoms with van der Waals surface area (Å²) in [6.45, 7) is 1.69. The number of pyridine rings is 1. The molecule has 0 saturated carbocycles. The lowest BCUT2D eigenvalue weighted by atomic mass is 10.4. The maximum Gasteiger partial charge on any atom is 0.239 e. The van der Waals surface area contributed by atoms with E-state index in [1.807, 2.05) is 0 Å². The van der Waals surface area contributed by atoms with E-state index < -0.39 is 5.82 Å². The van der Waals surface area contributed by atoms with Crippen molar-refractivity contribution in [3.05, 3.63) is 24.1 Å². The van der Waals surface area contributed by atoms with E-state index in [0.717, 1.165) is 6.20 Å². The van der Waals surface area contributed by atoms with Crippen molar-refractivity contribution in [1.29, 1.82) is 0 Å². The van der Waals surface area contributed by atoms with E-state index in [4.69, 9.17) is 0 Å². The van der Waals surface area contributed by atoms with E-state index in [1.54, 1.807) is 6.92 Å². The Morgan fingerprint density at radius 1 is 1.69 bits per heavy atom. The summed E-state index contributed by atoms with van der Waals surface area (Å²) in [7, 11) is 0. The first kappa shape index (κ1) is 10.1. The van der Waals surface area contributed by atoms with Crippen LogP contribution in [0.15, 0.2) is 18.3 Å². The Balaban J connectivity index is 2.65. The van der Waals surface area contributed by atoms with Gasteiger partial charge in [0.15, 0.2) is 0 Å². The van der Waals surface area contributed by atoms with Crippen molar-refractivity contribution in [3.8, 4) is 0 Å². The first-order valence-corrected chi connectivity index (χ1v) is 4.57. The zero-order chi connectivity index (χ0) is 9.84. The number of halogens is 2. The molecule has 0 aromatic carbocycles. The van der Waals surface area contributed by atoms with Gasteiger partial charge in [-0.3, -0.25) is 4.79 Å². The summed E-state index contributed by atoms with van der Waals surface area (Å²) in [6.07, 6.45) is 1.05. The number of hydrogen-bond donors (Lipinski definition) is 1. The van der Waals surface area contributed by atoms with Crippen LogP contribution in [0.5, 0.6) is 0 Å². The molecule has 0 bridgehead atoms. The van der Waals surface area contributed by atoms with Crippen LogP contribution in [0.25, 0.3) is 0 Å². The van der Waals surface area contributed by atoms with Gasteiger partial charge in [0.1, 0.15) is 11.6 Å². The molecule has 70 valence electrons. The molecule has 1 atom stereocenters. The highest BCUT2D eigenvalue weighted by Crippen LogP contribution is 2.06. The first-order chi connectivity index (χ1) is 6.09.